The highest BCUT2D eigenvalue weighted by molar-refractivity contribution is 7.99. The quantitative estimate of drug-likeness (QED) is 0.199. The van der Waals surface area contributed by atoms with Crippen molar-refractivity contribution in [2.45, 2.75) is 123 Å². The van der Waals surface area contributed by atoms with Crippen LogP contribution in [0.3, 0.4) is 0 Å². The van der Waals surface area contributed by atoms with Crippen molar-refractivity contribution in [2.75, 3.05) is 11.5 Å². The number of fused-ring (bicyclic) bond motifs is 1. The Labute approximate surface area is 218 Å². The third kappa shape index (κ3) is 13.3. The van der Waals surface area contributed by atoms with Crippen molar-refractivity contribution in [1.82, 2.24) is 15.3 Å². The largest absolute Gasteiger partial charge is 0.444 e. The van der Waals surface area contributed by atoms with Crippen LogP contribution in [0.4, 0.5) is 4.79 Å². The van der Waals surface area contributed by atoms with E-state index in [9.17, 15) is 4.79 Å². The van der Waals surface area contributed by atoms with Gasteiger partial charge in [-0.25, -0.2) is 9.78 Å². The summed E-state index contributed by atoms with van der Waals surface area (Å²) < 4.78 is 5.49. The monoisotopic (exact) mass is 503 g/mol. The maximum absolute atomic E-state index is 12.4. The van der Waals surface area contributed by atoms with E-state index in [2.05, 4.69) is 17.2 Å². The van der Waals surface area contributed by atoms with Crippen molar-refractivity contribution in [1.29, 1.82) is 0 Å². The Morgan fingerprint density at radius 1 is 0.943 bits per heavy atom. The minimum atomic E-state index is -0.524. The number of para-hydroxylation sites is 2. The molecular weight excluding hydrogens is 454 g/mol. The van der Waals surface area contributed by atoms with Gasteiger partial charge in [-0.05, 0) is 45.1 Å². The number of aromatic nitrogens is 2. The van der Waals surface area contributed by atoms with Crippen LogP contribution in [0.25, 0.3) is 11.0 Å². The summed E-state index contributed by atoms with van der Waals surface area (Å²) in [6.07, 6.45) is 17.4. The van der Waals surface area contributed by atoms with E-state index in [1.54, 1.807) is 0 Å². The standard InChI is InChI=1S/C29H49N3O2S/c1-5-6-7-8-9-10-11-12-13-14-15-16-19-22-35-23-26(32-28(33)34-29(2,3)4)27-30-24-20-17-18-21-25(24)31-27/h17-18,20-21,26H,5-16,19,22-23H2,1-4H3,(H,30,31)(H,32,33). The van der Waals surface area contributed by atoms with Crippen LogP contribution in [0.5, 0.6) is 0 Å². The smallest absolute Gasteiger partial charge is 0.408 e. The van der Waals surface area contributed by atoms with Crippen molar-refractivity contribution < 1.29 is 9.53 Å². The van der Waals surface area contributed by atoms with Crippen molar-refractivity contribution in [3.63, 3.8) is 0 Å². The lowest BCUT2D eigenvalue weighted by Gasteiger charge is -2.22. The zero-order valence-corrected chi connectivity index (χ0v) is 23.5. The van der Waals surface area contributed by atoms with Crippen LogP contribution in [0, 0.1) is 0 Å². The molecule has 1 amide bonds. The Hall–Kier alpha value is -1.69. The first-order valence-electron chi connectivity index (χ1n) is 13.9. The Balaban J connectivity index is 1.63. The number of rotatable bonds is 18. The van der Waals surface area contributed by atoms with Gasteiger partial charge in [-0.15, -0.1) is 0 Å². The van der Waals surface area contributed by atoms with E-state index >= 15 is 0 Å². The van der Waals surface area contributed by atoms with Crippen molar-refractivity contribution >= 4 is 28.9 Å². The molecule has 0 saturated carbocycles. The number of benzene rings is 1. The SMILES string of the molecule is CCCCCCCCCCCCCCCSCC(NC(=O)OC(C)(C)C)c1nc2ccccc2[nH]1. The Morgan fingerprint density at radius 2 is 1.51 bits per heavy atom. The number of H-pyrrole nitrogens is 1. The van der Waals surface area contributed by atoms with Crippen molar-refractivity contribution in [3.8, 4) is 0 Å². The minimum Gasteiger partial charge on any atom is -0.444 e. The number of nitrogens with zero attached hydrogens (tertiary/aromatic N) is 1. The molecule has 0 aliphatic rings. The predicted molar refractivity (Wildman–Crippen MR) is 151 cm³/mol. The van der Waals surface area contributed by atoms with Gasteiger partial charge in [0.05, 0.1) is 17.1 Å². The van der Waals surface area contributed by atoms with Gasteiger partial charge in [0, 0.05) is 5.75 Å². The number of nitrogens with one attached hydrogen (secondary N) is 2. The van der Waals surface area contributed by atoms with E-state index in [-0.39, 0.29) is 6.04 Å². The number of ether oxygens (including phenoxy) is 1. The molecule has 1 unspecified atom stereocenters. The van der Waals surface area contributed by atoms with Crippen LogP contribution < -0.4 is 5.32 Å². The van der Waals surface area contributed by atoms with E-state index in [1.807, 2.05) is 56.8 Å². The Kier molecular flexibility index (Phi) is 14.3. The lowest BCUT2D eigenvalue weighted by Crippen LogP contribution is -2.36. The fraction of sp³-hybridized carbons (Fsp3) is 0.724. The molecule has 1 aromatic carbocycles. The lowest BCUT2D eigenvalue weighted by molar-refractivity contribution is 0.0507. The molecule has 6 heteroatoms. The van der Waals surface area contributed by atoms with Gasteiger partial charge in [0.2, 0.25) is 0 Å². The number of imidazole rings is 1. The second-order valence-corrected chi connectivity index (χ2v) is 11.8. The molecule has 0 fully saturated rings. The average Bonchev–Trinajstić information content (AvgIpc) is 3.24. The zero-order valence-electron chi connectivity index (χ0n) is 22.7. The Morgan fingerprint density at radius 3 is 2.09 bits per heavy atom. The van der Waals surface area contributed by atoms with Crippen LogP contribution in [0.1, 0.15) is 123 Å². The number of hydrogen-bond acceptors (Lipinski definition) is 4. The number of unbranched alkanes of at least 4 members (excludes halogenated alkanes) is 12. The van der Waals surface area contributed by atoms with Gasteiger partial charge in [0.1, 0.15) is 11.4 Å². The third-order valence-corrected chi connectivity index (χ3v) is 7.25. The van der Waals surface area contributed by atoms with Gasteiger partial charge in [-0.2, -0.15) is 11.8 Å². The van der Waals surface area contributed by atoms with Gasteiger partial charge in [-0.3, -0.25) is 0 Å². The summed E-state index contributed by atoms with van der Waals surface area (Å²) in [6.45, 7) is 7.92. The second kappa shape index (κ2) is 16.9. The van der Waals surface area contributed by atoms with E-state index in [1.165, 1.54) is 83.5 Å². The number of thioether (sulfide) groups is 1. The third-order valence-electron chi connectivity index (χ3n) is 6.11. The maximum atomic E-state index is 12.4. The van der Waals surface area contributed by atoms with E-state index in [0.717, 1.165) is 28.4 Å². The molecule has 0 bridgehead atoms. The molecule has 0 spiro atoms. The zero-order chi connectivity index (χ0) is 25.4. The fourth-order valence-electron chi connectivity index (χ4n) is 4.20. The average molecular weight is 504 g/mol. The number of amides is 1. The molecule has 0 aliphatic carbocycles. The Bertz CT molecular complexity index is 798. The van der Waals surface area contributed by atoms with Gasteiger partial charge < -0.3 is 15.0 Å². The van der Waals surface area contributed by atoms with E-state index in [4.69, 9.17) is 9.72 Å². The molecule has 0 radical (unpaired) electrons. The second-order valence-electron chi connectivity index (χ2n) is 10.7. The summed E-state index contributed by atoms with van der Waals surface area (Å²) in [6, 6.07) is 7.76. The minimum absolute atomic E-state index is 0.204. The summed E-state index contributed by atoms with van der Waals surface area (Å²) in [5.41, 5.74) is 1.38. The highest BCUT2D eigenvalue weighted by atomic mass is 32.2. The fourth-order valence-corrected chi connectivity index (χ4v) is 5.25. The number of carbonyl (C=O) groups is 1. The molecule has 2 rings (SSSR count). The summed E-state index contributed by atoms with van der Waals surface area (Å²) in [5, 5.41) is 3.02. The first-order valence-corrected chi connectivity index (χ1v) is 15.1. The number of aromatic amines is 1. The summed E-state index contributed by atoms with van der Waals surface area (Å²) in [5.74, 6) is 2.66. The number of hydrogen-bond donors (Lipinski definition) is 2. The van der Waals surface area contributed by atoms with Gasteiger partial charge in [0.15, 0.2) is 0 Å². The topological polar surface area (TPSA) is 67.0 Å². The summed E-state index contributed by atoms with van der Waals surface area (Å²) in [7, 11) is 0. The van der Waals surface area contributed by atoms with Crippen LogP contribution in [0.15, 0.2) is 24.3 Å². The molecule has 0 saturated heterocycles. The van der Waals surface area contributed by atoms with Crippen LogP contribution in [-0.2, 0) is 4.74 Å². The molecular formula is C29H49N3O2S. The summed E-state index contributed by atoms with van der Waals surface area (Å²) >= 11 is 1.88. The van der Waals surface area contributed by atoms with Gasteiger partial charge in [-0.1, -0.05) is 96.1 Å². The molecule has 1 heterocycles. The molecule has 0 aliphatic heterocycles. The highest BCUT2D eigenvalue weighted by Crippen LogP contribution is 2.22. The maximum Gasteiger partial charge on any atom is 0.408 e. The lowest BCUT2D eigenvalue weighted by atomic mass is 10.1. The normalized spacial score (nSPS) is 12.7. The van der Waals surface area contributed by atoms with Crippen LogP contribution >= 0.6 is 11.8 Å². The van der Waals surface area contributed by atoms with Crippen LogP contribution in [-0.4, -0.2) is 33.2 Å². The van der Waals surface area contributed by atoms with Crippen molar-refractivity contribution in [3.05, 3.63) is 30.1 Å². The molecule has 5 nitrogen and oxygen atoms in total. The van der Waals surface area contributed by atoms with Gasteiger partial charge >= 0.3 is 6.09 Å². The first kappa shape index (κ1) is 29.5. The van der Waals surface area contributed by atoms with Crippen molar-refractivity contribution in [2.24, 2.45) is 0 Å². The molecule has 1 aromatic heterocycles. The molecule has 1 atom stereocenters. The molecule has 198 valence electrons. The van der Waals surface area contributed by atoms with E-state index in [0.29, 0.717) is 0 Å². The molecule has 2 N–H and O–H groups in total. The van der Waals surface area contributed by atoms with Gasteiger partial charge in [0.25, 0.3) is 0 Å². The predicted octanol–water partition coefficient (Wildman–Crippen LogP) is 8.95. The number of alkyl carbamates (subject to hydrolysis) is 1. The first-order chi connectivity index (χ1) is 16.9. The molecule has 35 heavy (non-hydrogen) atoms. The number of carbonyl (C=O) groups excluding carboxylic acids is 1. The molecule has 2 aromatic rings. The highest BCUT2D eigenvalue weighted by Gasteiger charge is 2.22. The van der Waals surface area contributed by atoms with Crippen LogP contribution in [0.2, 0.25) is 0 Å². The van der Waals surface area contributed by atoms with E-state index < -0.39 is 11.7 Å². The summed E-state index contributed by atoms with van der Waals surface area (Å²) in [4.78, 5) is 20.5.